The molecule has 0 atom stereocenters. The van der Waals surface area contributed by atoms with Crippen molar-refractivity contribution in [2.45, 2.75) is 32.7 Å². The number of aliphatic hydroxyl groups excluding tert-OH is 2. The van der Waals surface area contributed by atoms with Crippen molar-refractivity contribution in [1.82, 2.24) is 0 Å². The van der Waals surface area contributed by atoms with Gasteiger partial charge in [-0.2, -0.15) is 21.6 Å². The fraction of sp³-hybridized carbons (Fsp3) is 0.500. The third-order valence-corrected chi connectivity index (χ3v) is 6.60. The van der Waals surface area contributed by atoms with Crippen molar-refractivity contribution >= 4 is 46.5 Å². The van der Waals surface area contributed by atoms with E-state index in [4.69, 9.17) is 9.84 Å². The van der Waals surface area contributed by atoms with Gasteiger partial charge < -0.3 is 19.1 Å². The Balaban J connectivity index is 0.00000436. The number of hydrogen-bond acceptors (Lipinski definition) is 8. The monoisotopic (exact) mass is 600 g/mol. The normalized spacial score (nSPS) is 12.1. The summed E-state index contributed by atoms with van der Waals surface area (Å²) in [5.41, 5.74) is -4.73. The summed E-state index contributed by atoms with van der Waals surface area (Å²) in [6, 6.07) is 0. The number of aldehydes is 1. The van der Waals surface area contributed by atoms with Gasteiger partial charge in [-0.25, -0.2) is 0 Å². The minimum Gasteiger partial charge on any atom is -0.491 e. The van der Waals surface area contributed by atoms with Gasteiger partial charge in [0, 0.05) is 18.4 Å². The summed E-state index contributed by atoms with van der Waals surface area (Å²) in [6.45, 7) is 4.24. The Bertz CT molecular complexity index is 885. The average molecular weight is 600 g/mol. The summed E-state index contributed by atoms with van der Waals surface area (Å²) >= 11 is 2.03. The molecule has 0 saturated carbocycles. The highest BCUT2D eigenvalue weighted by Gasteiger charge is 2.49. The van der Waals surface area contributed by atoms with E-state index in [9.17, 15) is 31.5 Å². The lowest BCUT2D eigenvalue weighted by Gasteiger charge is -2.22. The van der Waals surface area contributed by atoms with Crippen molar-refractivity contribution in [3.63, 3.8) is 0 Å². The zero-order chi connectivity index (χ0) is 24.4. The second-order valence-corrected chi connectivity index (χ2v) is 10.0. The van der Waals surface area contributed by atoms with E-state index in [1.807, 2.05) is 21.2 Å². The maximum atomic E-state index is 12.9. The van der Waals surface area contributed by atoms with E-state index >= 15 is 0 Å². The van der Waals surface area contributed by atoms with Gasteiger partial charge in [-0.3, -0.25) is 4.79 Å². The molecule has 0 aliphatic carbocycles. The molecule has 0 radical (unpaired) electrons. The predicted molar refractivity (Wildman–Crippen MR) is 122 cm³/mol. The van der Waals surface area contributed by atoms with E-state index in [0.29, 0.717) is 17.6 Å². The molecule has 0 amide bonds. The molecule has 1 aromatic carbocycles. The largest absolute Gasteiger partial charge is 0.534 e. The minimum atomic E-state index is -5.94. The van der Waals surface area contributed by atoms with Crippen LogP contribution in [0.3, 0.4) is 0 Å². The molecule has 31 heavy (non-hydrogen) atoms. The van der Waals surface area contributed by atoms with Gasteiger partial charge >= 0.3 is 15.6 Å². The number of hydrogen-bond donors (Lipinski definition) is 2. The van der Waals surface area contributed by atoms with E-state index in [2.05, 4.69) is 4.18 Å². The third kappa shape index (κ3) is 8.11. The van der Waals surface area contributed by atoms with Gasteiger partial charge in [0.25, 0.3) is 0 Å². The van der Waals surface area contributed by atoms with Crippen LogP contribution in [0.1, 0.15) is 34.0 Å². The summed E-state index contributed by atoms with van der Waals surface area (Å²) in [4.78, 5) is 11.7. The van der Waals surface area contributed by atoms with E-state index < -0.39 is 21.4 Å². The summed E-state index contributed by atoms with van der Waals surface area (Å²) < 4.78 is 72.1. The first-order chi connectivity index (χ1) is 14.4. The summed E-state index contributed by atoms with van der Waals surface area (Å²) in [7, 11) is -3.51. The van der Waals surface area contributed by atoms with Gasteiger partial charge in [0.2, 0.25) is 0 Å². The number of ether oxygens (including phenoxy) is 1. The number of rotatable bonds is 10. The van der Waals surface area contributed by atoms with Crippen LogP contribution in [-0.4, -0.2) is 56.5 Å². The van der Waals surface area contributed by atoms with Gasteiger partial charge in [-0.05, 0) is 59.5 Å². The number of carbonyl (C=O) groups is 1. The molecular weight excluding hydrogens is 576 g/mol. The van der Waals surface area contributed by atoms with E-state index in [1.54, 1.807) is 6.92 Å². The second kappa shape index (κ2) is 13.5. The molecule has 1 rings (SSSR count). The second-order valence-electron chi connectivity index (χ2n) is 5.98. The topological polar surface area (TPSA) is 110 Å². The molecule has 0 unspecified atom stereocenters. The molecule has 0 saturated heterocycles. The van der Waals surface area contributed by atoms with Crippen molar-refractivity contribution in [3.05, 3.63) is 33.9 Å². The van der Waals surface area contributed by atoms with E-state index in [0.717, 1.165) is 7.11 Å². The Labute approximate surface area is 195 Å². The number of carbonyl (C=O) groups excluding carboxylic acids is 1. The van der Waals surface area contributed by atoms with Crippen molar-refractivity contribution in [1.29, 1.82) is 0 Å². The summed E-state index contributed by atoms with van der Waals surface area (Å²) in [5.74, 6) is -0.0548. The third-order valence-electron chi connectivity index (χ3n) is 4.01. The Morgan fingerprint density at radius 2 is 1.77 bits per heavy atom. The van der Waals surface area contributed by atoms with E-state index in [1.165, 1.54) is 28.9 Å². The lowest BCUT2D eigenvalue weighted by molar-refractivity contribution is -0.0500. The van der Waals surface area contributed by atoms with Gasteiger partial charge in [0.15, 0.2) is 12.0 Å². The van der Waals surface area contributed by atoms with Crippen LogP contribution in [0.5, 0.6) is 11.5 Å². The maximum absolute atomic E-state index is 12.9. The predicted octanol–water partition coefficient (Wildman–Crippen LogP) is 3.90. The number of benzene rings is 1. The maximum Gasteiger partial charge on any atom is 0.534 e. The molecule has 2 N–H and O–H groups in total. The number of halogens is 4. The molecule has 0 aromatic heterocycles. The van der Waals surface area contributed by atoms with Crippen molar-refractivity contribution in [2.24, 2.45) is 0 Å². The zero-order valence-corrected chi connectivity index (χ0v) is 21.0. The van der Waals surface area contributed by atoms with Gasteiger partial charge in [0.1, 0.15) is 5.75 Å². The van der Waals surface area contributed by atoms with Crippen LogP contribution in [-0.2, 0) is 16.5 Å². The molecule has 178 valence electrons. The highest BCUT2D eigenvalue weighted by atomic mass is 127. The van der Waals surface area contributed by atoms with Crippen LogP contribution in [0.25, 0.3) is 0 Å². The molecule has 1 aromatic rings. The van der Waals surface area contributed by atoms with Crippen molar-refractivity contribution in [2.75, 3.05) is 26.1 Å². The van der Waals surface area contributed by atoms with Crippen molar-refractivity contribution < 1.29 is 45.5 Å². The van der Waals surface area contributed by atoms with Crippen LogP contribution in [0.15, 0.2) is 11.6 Å². The van der Waals surface area contributed by atoms with Gasteiger partial charge in [-0.1, -0.05) is 20.6 Å². The summed E-state index contributed by atoms with van der Waals surface area (Å²) in [5, 5.41) is 16.2. The fourth-order valence-electron chi connectivity index (χ4n) is 2.31. The van der Waals surface area contributed by atoms with Crippen LogP contribution in [0, 0.1) is 13.8 Å². The minimum absolute atomic E-state index is 0.0192. The molecule has 7 nitrogen and oxygen atoms in total. The van der Waals surface area contributed by atoms with Crippen LogP contribution >= 0.6 is 30.1 Å². The van der Waals surface area contributed by atoms with Gasteiger partial charge in [0.05, 0.1) is 18.8 Å². The highest BCUT2D eigenvalue weighted by molar-refractivity contribution is 14.2. The first-order valence-electron chi connectivity index (χ1n) is 8.60. The molecule has 0 fully saturated rings. The van der Waals surface area contributed by atoms with Crippen molar-refractivity contribution in [3.8, 4) is 11.5 Å². The molecule has 0 heterocycles. The summed E-state index contributed by atoms with van der Waals surface area (Å²) in [6.07, 6.45) is 1.89. The van der Waals surface area contributed by atoms with Crippen LogP contribution < -0.4 is 8.92 Å². The lowest BCUT2D eigenvalue weighted by atomic mass is 9.95. The Hall–Kier alpha value is -1.03. The molecular formula is C18H24F3IO7S2. The van der Waals surface area contributed by atoms with Crippen LogP contribution in [0.4, 0.5) is 13.2 Å². The average Bonchev–Trinajstić information content (AvgIpc) is 2.71. The number of alkyl halides is 3. The molecule has 0 aliphatic heterocycles. The highest BCUT2D eigenvalue weighted by Crippen LogP contribution is 2.41. The molecule has 0 spiro atoms. The first kappa shape index (κ1) is 30.0. The molecule has 0 bridgehead atoms. The Morgan fingerprint density at radius 3 is 2.23 bits per heavy atom. The molecule has 13 heteroatoms. The quantitative estimate of drug-likeness (QED) is 0.104. The zero-order valence-electron chi connectivity index (χ0n) is 17.2. The molecule has 0 aliphatic rings. The number of aliphatic hydroxyl groups is 2. The standard InChI is InChI=1S/C17H20F3IO6S2.CH4O/c1-10(8-22)4-5-13-15(27-29(24,25)17(18,19)20)12(3)11(2)14(9-23)16(13)26-6-7-28-21;1-2/h4,9,22H,5-8H2,1-3H3;2H,1H3/b10-4+;. The van der Waals surface area contributed by atoms with Crippen LogP contribution in [0.2, 0.25) is 0 Å². The van der Waals surface area contributed by atoms with E-state index in [-0.39, 0.29) is 47.6 Å². The Kier molecular flexibility index (Phi) is 13.1. The van der Waals surface area contributed by atoms with Gasteiger partial charge in [-0.15, -0.1) is 0 Å². The SMILES string of the molecule is C/C(=C\Cc1c(OS(=O)(=O)C(F)(F)F)c(C)c(C)c(C=O)c1OCCSI)CO.CO. The lowest BCUT2D eigenvalue weighted by Crippen LogP contribution is -2.29. The number of allylic oxidation sites excluding steroid dienone is 1. The fourth-order valence-corrected chi connectivity index (χ4v) is 3.54. The smallest absolute Gasteiger partial charge is 0.491 e. The first-order valence-corrected chi connectivity index (χ1v) is 13.5. The Morgan fingerprint density at radius 1 is 1.19 bits per heavy atom.